The van der Waals surface area contributed by atoms with Crippen LogP contribution in [0.2, 0.25) is 0 Å². The summed E-state index contributed by atoms with van der Waals surface area (Å²) in [5.41, 5.74) is 0.457. The molecule has 130 valence electrons. The van der Waals surface area contributed by atoms with Crippen molar-refractivity contribution >= 4 is 11.9 Å². The number of hydrogen-bond donors (Lipinski definition) is 0. The van der Waals surface area contributed by atoms with Gasteiger partial charge in [-0.3, -0.25) is 0 Å². The molecule has 1 aromatic carbocycles. The van der Waals surface area contributed by atoms with Crippen molar-refractivity contribution in [2.75, 3.05) is 13.2 Å². The highest BCUT2D eigenvalue weighted by Gasteiger charge is 2.19. The van der Waals surface area contributed by atoms with E-state index in [9.17, 15) is 9.59 Å². The molecule has 0 unspecified atom stereocenters. The third-order valence-corrected chi connectivity index (χ3v) is 2.71. The molecule has 1 rings (SSSR count). The SMILES string of the molecule is C=C(C)C(=O)Oc1cc(OC(=O)C(=C)C)c(OCC)cc1OCC. The van der Waals surface area contributed by atoms with Crippen LogP contribution in [0.15, 0.2) is 36.4 Å². The van der Waals surface area contributed by atoms with E-state index in [2.05, 4.69) is 13.2 Å². The number of carbonyl (C=O) groups is 2. The van der Waals surface area contributed by atoms with Crippen LogP contribution in [0, 0.1) is 0 Å². The number of ether oxygens (including phenoxy) is 4. The number of benzene rings is 1. The predicted octanol–water partition coefficient (Wildman–Crippen LogP) is 3.45. The van der Waals surface area contributed by atoms with E-state index < -0.39 is 11.9 Å². The minimum Gasteiger partial charge on any atom is -0.490 e. The molecular weight excluding hydrogens is 312 g/mol. The first-order valence-electron chi connectivity index (χ1n) is 7.49. The van der Waals surface area contributed by atoms with E-state index >= 15 is 0 Å². The summed E-state index contributed by atoms with van der Waals surface area (Å²) >= 11 is 0. The van der Waals surface area contributed by atoms with Crippen LogP contribution in [0.1, 0.15) is 27.7 Å². The van der Waals surface area contributed by atoms with Crippen molar-refractivity contribution in [1.82, 2.24) is 0 Å². The fraction of sp³-hybridized carbons (Fsp3) is 0.333. The highest BCUT2D eigenvalue weighted by molar-refractivity contribution is 5.90. The maximum Gasteiger partial charge on any atom is 0.338 e. The topological polar surface area (TPSA) is 71.1 Å². The maximum absolute atomic E-state index is 11.8. The lowest BCUT2D eigenvalue weighted by Gasteiger charge is -2.16. The van der Waals surface area contributed by atoms with Crippen molar-refractivity contribution in [3.8, 4) is 23.0 Å². The van der Waals surface area contributed by atoms with E-state index in [-0.39, 0.29) is 22.6 Å². The highest BCUT2D eigenvalue weighted by atomic mass is 16.6. The smallest absolute Gasteiger partial charge is 0.338 e. The summed E-state index contributed by atoms with van der Waals surface area (Å²) in [6.07, 6.45) is 0. The Kier molecular flexibility index (Phi) is 7.04. The summed E-state index contributed by atoms with van der Waals surface area (Å²) < 4.78 is 21.4. The van der Waals surface area contributed by atoms with Crippen molar-refractivity contribution in [3.05, 3.63) is 36.4 Å². The van der Waals surface area contributed by atoms with Crippen molar-refractivity contribution in [1.29, 1.82) is 0 Å². The van der Waals surface area contributed by atoms with Gasteiger partial charge in [-0.05, 0) is 27.7 Å². The Bertz CT molecular complexity index is 606. The quantitative estimate of drug-likeness (QED) is 0.412. The second-order valence-corrected chi connectivity index (χ2v) is 4.95. The minimum atomic E-state index is -0.614. The van der Waals surface area contributed by atoms with Crippen LogP contribution in [-0.2, 0) is 9.59 Å². The fourth-order valence-electron chi connectivity index (χ4n) is 1.59. The van der Waals surface area contributed by atoms with Crippen molar-refractivity contribution in [2.45, 2.75) is 27.7 Å². The molecule has 0 amide bonds. The summed E-state index contributed by atoms with van der Waals surface area (Å²) in [5.74, 6) is -0.415. The Labute approximate surface area is 141 Å². The third-order valence-electron chi connectivity index (χ3n) is 2.71. The lowest BCUT2D eigenvalue weighted by Crippen LogP contribution is -2.12. The van der Waals surface area contributed by atoms with Crippen molar-refractivity contribution in [3.63, 3.8) is 0 Å². The molecule has 0 fully saturated rings. The molecule has 0 radical (unpaired) electrons. The summed E-state index contributed by atoms with van der Waals surface area (Å²) in [6.45, 7) is 14.4. The van der Waals surface area contributed by atoms with Crippen LogP contribution in [0.3, 0.4) is 0 Å². The van der Waals surface area contributed by atoms with Crippen molar-refractivity contribution < 1.29 is 28.5 Å². The van der Waals surface area contributed by atoms with Gasteiger partial charge in [0.2, 0.25) is 0 Å². The van der Waals surface area contributed by atoms with Gasteiger partial charge in [-0.25, -0.2) is 9.59 Å². The maximum atomic E-state index is 11.8. The molecule has 0 spiro atoms. The molecule has 0 saturated heterocycles. The van der Waals surface area contributed by atoms with E-state index in [1.54, 1.807) is 13.8 Å². The van der Waals surface area contributed by atoms with Gasteiger partial charge in [-0.15, -0.1) is 0 Å². The zero-order valence-electron chi connectivity index (χ0n) is 14.4. The Hall–Kier alpha value is -2.76. The molecular formula is C18H22O6. The van der Waals surface area contributed by atoms with Gasteiger partial charge in [0.1, 0.15) is 0 Å². The molecule has 6 heteroatoms. The zero-order valence-corrected chi connectivity index (χ0v) is 14.4. The summed E-state index contributed by atoms with van der Waals surface area (Å²) in [7, 11) is 0. The number of esters is 2. The average molecular weight is 334 g/mol. The molecule has 0 aromatic heterocycles. The molecule has 1 aromatic rings. The first-order valence-corrected chi connectivity index (χ1v) is 7.49. The summed E-state index contributed by atoms with van der Waals surface area (Å²) in [5, 5.41) is 0. The molecule has 0 saturated carbocycles. The van der Waals surface area contributed by atoms with Crippen LogP contribution in [-0.4, -0.2) is 25.2 Å². The van der Waals surface area contributed by atoms with E-state index in [4.69, 9.17) is 18.9 Å². The van der Waals surface area contributed by atoms with Crippen molar-refractivity contribution in [2.24, 2.45) is 0 Å². The van der Waals surface area contributed by atoms with Gasteiger partial charge in [0, 0.05) is 23.3 Å². The van der Waals surface area contributed by atoms with Crippen LogP contribution >= 0.6 is 0 Å². The van der Waals surface area contributed by atoms with E-state index in [1.807, 2.05) is 0 Å². The molecule has 0 bridgehead atoms. The van der Waals surface area contributed by atoms with Crippen LogP contribution in [0.4, 0.5) is 0 Å². The molecule has 24 heavy (non-hydrogen) atoms. The molecule has 0 atom stereocenters. The monoisotopic (exact) mass is 334 g/mol. The summed E-state index contributed by atoms with van der Waals surface area (Å²) in [4.78, 5) is 23.6. The van der Waals surface area contributed by atoms with Crippen LogP contribution in [0.25, 0.3) is 0 Å². The van der Waals surface area contributed by atoms with Gasteiger partial charge in [-0.1, -0.05) is 13.2 Å². The van der Waals surface area contributed by atoms with Crippen LogP contribution in [0.5, 0.6) is 23.0 Å². The molecule has 0 aliphatic heterocycles. The first-order chi connectivity index (χ1) is 11.3. The van der Waals surface area contributed by atoms with Gasteiger partial charge in [0.25, 0.3) is 0 Å². The van der Waals surface area contributed by atoms with Crippen LogP contribution < -0.4 is 18.9 Å². The largest absolute Gasteiger partial charge is 0.490 e. The van der Waals surface area contributed by atoms with E-state index in [0.29, 0.717) is 24.7 Å². The minimum absolute atomic E-state index is 0.109. The number of carbonyl (C=O) groups excluding carboxylic acids is 2. The molecule has 6 nitrogen and oxygen atoms in total. The Balaban J connectivity index is 3.32. The normalized spacial score (nSPS) is 9.83. The Morgan fingerprint density at radius 1 is 0.792 bits per heavy atom. The third kappa shape index (κ3) is 5.15. The van der Waals surface area contributed by atoms with Gasteiger partial charge in [0.15, 0.2) is 23.0 Å². The van der Waals surface area contributed by atoms with E-state index in [1.165, 1.54) is 26.0 Å². The lowest BCUT2D eigenvalue weighted by molar-refractivity contribution is -0.130. The van der Waals surface area contributed by atoms with Gasteiger partial charge in [0.05, 0.1) is 13.2 Å². The number of rotatable bonds is 8. The second kappa shape index (κ2) is 8.76. The fourth-order valence-corrected chi connectivity index (χ4v) is 1.59. The molecule has 0 heterocycles. The second-order valence-electron chi connectivity index (χ2n) is 4.95. The predicted molar refractivity (Wildman–Crippen MR) is 89.7 cm³/mol. The van der Waals surface area contributed by atoms with Gasteiger partial charge in [-0.2, -0.15) is 0 Å². The lowest BCUT2D eigenvalue weighted by atomic mass is 10.2. The first kappa shape index (κ1) is 19.3. The average Bonchev–Trinajstić information content (AvgIpc) is 2.51. The zero-order chi connectivity index (χ0) is 18.3. The Morgan fingerprint density at radius 3 is 1.42 bits per heavy atom. The molecule has 0 aliphatic rings. The highest BCUT2D eigenvalue weighted by Crippen LogP contribution is 2.40. The van der Waals surface area contributed by atoms with Gasteiger partial charge >= 0.3 is 11.9 Å². The van der Waals surface area contributed by atoms with E-state index in [0.717, 1.165) is 0 Å². The standard InChI is InChI=1S/C18H22O6/c1-7-21-13-9-14(22-8-2)16(24-18(20)12(5)6)10-15(13)23-17(19)11(3)4/h9-10H,3,5,7-8H2,1-2,4,6H3. The summed E-state index contributed by atoms with van der Waals surface area (Å²) in [6, 6.07) is 2.88. The number of hydrogen-bond acceptors (Lipinski definition) is 6. The molecule has 0 aliphatic carbocycles. The van der Waals surface area contributed by atoms with Gasteiger partial charge < -0.3 is 18.9 Å². The Morgan fingerprint density at radius 2 is 1.12 bits per heavy atom. The molecule has 0 N–H and O–H groups in total.